The van der Waals surface area contributed by atoms with Crippen LogP contribution in [0.25, 0.3) is 77.2 Å². The van der Waals surface area contributed by atoms with Crippen molar-refractivity contribution in [3.05, 3.63) is 170 Å². The van der Waals surface area contributed by atoms with E-state index in [4.69, 9.17) is 0 Å². The van der Waals surface area contributed by atoms with Crippen molar-refractivity contribution < 1.29 is 0 Å². The minimum Gasteiger partial charge on any atom is -0.309 e. The molecule has 7 aromatic carbocycles. The van der Waals surface area contributed by atoms with Crippen LogP contribution in [0.1, 0.15) is 0 Å². The number of halogens is 1. The third-order valence-electron chi connectivity index (χ3n) is 8.93. The second-order valence-electron chi connectivity index (χ2n) is 11.4. The molecule has 0 unspecified atom stereocenters. The van der Waals surface area contributed by atoms with E-state index in [0.29, 0.717) is 0 Å². The molecule has 2 heterocycles. The summed E-state index contributed by atoms with van der Waals surface area (Å²) in [5, 5.41) is 5.06. The Balaban J connectivity index is 0.00000153. The van der Waals surface area contributed by atoms with E-state index in [9.17, 15) is 0 Å². The zero-order valence-corrected chi connectivity index (χ0v) is 27.9. The van der Waals surface area contributed by atoms with Crippen LogP contribution in [0.4, 0.5) is 0 Å². The Labute approximate surface area is 285 Å². The van der Waals surface area contributed by atoms with Gasteiger partial charge in [0.2, 0.25) is 0 Å². The van der Waals surface area contributed by atoms with Crippen molar-refractivity contribution in [3.63, 3.8) is 0 Å². The molecule has 0 spiro atoms. The number of benzene rings is 7. The summed E-state index contributed by atoms with van der Waals surface area (Å²) in [7, 11) is 3.50. The van der Waals surface area contributed by atoms with Crippen molar-refractivity contribution in [2.24, 2.45) is 0 Å². The molecule has 0 aliphatic heterocycles. The highest BCUT2D eigenvalue weighted by Crippen LogP contribution is 2.38. The summed E-state index contributed by atoms with van der Waals surface area (Å²) in [4.78, 5) is 0. The van der Waals surface area contributed by atoms with Gasteiger partial charge in [0.15, 0.2) is 0 Å². The molecule has 0 saturated heterocycles. The number of para-hydroxylation sites is 3. The van der Waals surface area contributed by atoms with E-state index in [1.807, 2.05) is 21.2 Å². The minimum absolute atomic E-state index is 1.17. The first-order chi connectivity index (χ1) is 22.8. The minimum atomic E-state index is 1.17. The zero-order chi connectivity index (χ0) is 31.0. The second-order valence-corrected chi connectivity index (χ2v) is 11.4. The molecule has 0 saturated carbocycles. The summed E-state index contributed by atoms with van der Waals surface area (Å²) in [5.74, 6) is 0. The van der Waals surface area contributed by atoms with Crippen molar-refractivity contribution in [1.82, 2.24) is 9.13 Å². The lowest BCUT2D eigenvalue weighted by atomic mass is 10.0. The normalized spacial score (nSPS) is 11.3. The Morgan fingerprint density at radius 2 is 0.674 bits per heavy atom. The van der Waals surface area contributed by atoms with Crippen molar-refractivity contribution in [3.8, 4) is 33.6 Å². The smallest absolute Gasteiger partial charge is 0.0541 e. The van der Waals surface area contributed by atoms with Crippen LogP contribution in [-0.2, 0) is 0 Å². The van der Waals surface area contributed by atoms with Gasteiger partial charge in [0.25, 0.3) is 0 Å². The van der Waals surface area contributed by atoms with Gasteiger partial charge in [-0.3, -0.25) is 0 Å². The molecule has 46 heavy (non-hydrogen) atoms. The number of hydrogen-bond donors (Lipinski definition) is 1. The quantitative estimate of drug-likeness (QED) is 0.137. The fourth-order valence-electron chi connectivity index (χ4n) is 6.87. The van der Waals surface area contributed by atoms with Crippen LogP contribution in [0.2, 0.25) is 0 Å². The standard InChI is InChI=1S/C42H28N2.HIS/c1-3-11-29(12-4-1)30-19-23-34(24-20-30)44-40-18-10-8-16-36(40)38-28-32(22-26-42(38)44)31-21-25-41-37(27-31)35-15-7-9-17-39(35)43(41)33-13-5-2-6-14-33;1-2/h1-28H;2H. The predicted molar refractivity (Wildman–Crippen MR) is 209 cm³/mol. The molecule has 9 aromatic rings. The highest BCUT2D eigenvalue weighted by atomic mass is 127. The average molecular weight is 721 g/mol. The number of fused-ring (bicyclic) bond motifs is 6. The zero-order valence-electron chi connectivity index (χ0n) is 24.9. The fraction of sp³-hybridized carbons (Fsp3) is 0. The van der Waals surface area contributed by atoms with E-state index in [0.717, 1.165) is 0 Å². The first-order valence-electron chi connectivity index (χ1n) is 15.3. The molecule has 0 bridgehead atoms. The van der Waals surface area contributed by atoms with Crippen LogP contribution in [-0.4, -0.2) is 9.13 Å². The molecule has 220 valence electrons. The highest BCUT2D eigenvalue weighted by molar-refractivity contribution is 14.2. The monoisotopic (exact) mass is 720 g/mol. The van der Waals surface area contributed by atoms with Gasteiger partial charge in [-0.25, -0.2) is 0 Å². The number of hydrogen-bond acceptors (Lipinski definition) is 1. The second kappa shape index (κ2) is 12.2. The van der Waals surface area contributed by atoms with Crippen molar-refractivity contribution in [2.45, 2.75) is 0 Å². The molecular formula is C42H29IN2S. The molecule has 0 amide bonds. The number of aromatic nitrogens is 2. The number of thiol groups is 1. The molecular weight excluding hydrogens is 691 g/mol. The maximum Gasteiger partial charge on any atom is 0.0541 e. The predicted octanol–water partition coefficient (Wildman–Crippen LogP) is 12.5. The summed E-state index contributed by atoms with van der Waals surface area (Å²) in [6.45, 7) is 0. The fourth-order valence-corrected chi connectivity index (χ4v) is 6.87. The van der Waals surface area contributed by atoms with E-state index in [1.54, 1.807) is 0 Å². The van der Waals surface area contributed by atoms with Crippen molar-refractivity contribution in [2.75, 3.05) is 0 Å². The molecule has 2 nitrogen and oxygen atoms in total. The topological polar surface area (TPSA) is 9.86 Å². The van der Waals surface area contributed by atoms with Gasteiger partial charge in [0.1, 0.15) is 0 Å². The van der Waals surface area contributed by atoms with Crippen LogP contribution in [0.15, 0.2) is 170 Å². The van der Waals surface area contributed by atoms with Crippen LogP contribution in [0.3, 0.4) is 0 Å². The third-order valence-corrected chi connectivity index (χ3v) is 8.93. The van der Waals surface area contributed by atoms with E-state index in [2.05, 4.69) is 189 Å². The summed E-state index contributed by atoms with van der Waals surface area (Å²) >= 11 is 1.84. The highest BCUT2D eigenvalue weighted by Gasteiger charge is 2.16. The summed E-state index contributed by atoms with van der Waals surface area (Å²) < 4.78 is 4.76. The van der Waals surface area contributed by atoms with Gasteiger partial charge in [-0.05, 0) is 104 Å². The van der Waals surface area contributed by atoms with Crippen LogP contribution >= 0.6 is 31.0 Å². The lowest BCUT2D eigenvalue weighted by molar-refractivity contribution is 1.18. The molecule has 4 heteroatoms. The molecule has 0 fully saturated rings. The van der Waals surface area contributed by atoms with Gasteiger partial charge in [-0.1, -0.05) is 109 Å². The number of rotatable bonds is 4. The molecule has 0 aliphatic carbocycles. The SMILES string of the molecule is SI.c1ccc(-c2ccc(-n3c4ccccc4c4cc(-c5ccc6c(c5)c5ccccc5n6-c5ccccc5)ccc43)cc2)cc1. The summed E-state index contributed by atoms with van der Waals surface area (Å²) in [6.07, 6.45) is 0. The Hall–Kier alpha value is -4.78. The lowest BCUT2D eigenvalue weighted by Gasteiger charge is -2.10. The molecule has 0 radical (unpaired) electrons. The number of nitrogens with zero attached hydrogens (tertiary/aromatic N) is 2. The van der Waals surface area contributed by atoms with Gasteiger partial charge >= 0.3 is 0 Å². The Kier molecular flexibility index (Phi) is 7.60. The largest absolute Gasteiger partial charge is 0.309 e. The molecule has 2 aromatic heterocycles. The van der Waals surface area contributed by atoms with E-state index >= 15 is 0 Å². The van der Waals surface area contributed by atoms with E-state index < -0.39 is 0 Å². The van der Waals surface area contributed by atoms with Crippen molar-refractivity contribution >= 4 is 74.6 Å². The summed E-state index contributed by atoms with van der Waals surface area (Å²) in [5.41, 5.74) is 12.1. The molecule has 0 N–H and O–H groups in total. The van der Waals surface area contributed by atoms with Gasteiger partial charge in [-0.2, -0.15) is 0 Å². The third kappa shape index (κ3) is 4.80. The summed E-state index contributed by atoms with van der Waals surface area (Å²) in [6, 6.07) is 61.4. The Morgan fingerprint density at radius 1 is 0.304 bits per heavy atom. The first kappa shape index (κ1) is 28.7. The van der Waals surface area contributed by atoms with Gasteiger partial charge in [0.05, 0.1) is 22.1 Å². The van der Waals surface area contributed by atoms with E-state index in [1.165, 1.54) is 77.2 Å². The first-order valence-corrected chi connectivity index (χ1v) is 18.5. The van der Waals surface area contributed by atoms with E-state index in [-0.39, 0.29) is 0 Å². The maximum absolute atomic E-state index is 3.50. The Morgan fingerprint density at radius 3 is 1.20 bits per heavy atom. The Bertz CT molecular complexity index is 2480. The van der Waals surface area contributed by atoms with Crippen molar-refractivity contribution in [1.29, 1.82) is 0 Å². The molecule has 0 aliphatic rings. The molecule has 0 atom stereocenters. The van der Waals surface area contributed by atoms with Crippen LogP contribution in [0, 0.1) is 0 Å². The van der Waals surface area contributed by atoms with Crippen LogP contribution < -0.4 is 0 Å². The van der Waals surface area contributed by atoms with Crippen LogP contribution in [0.5, 0.6) is 0 Å². The average Bonchev–Trinajstić information content (AvgIpc) is 3.65. The lowest BCUT2D eigenvalue weighted by Crippen LogP contribution is -1.93. The molecule has 9 rings (SSSR count). The van der Waals surface area contributed by atoms with Gasteiger partial charge in [0, 0.05) is 32.9 Å². The van der Waals surface area contributed by atoms with Gasteiger partial charge < -0.3 is 9.13 Å². The van der Waals surface area contributed by atoms with Gasteiger partial charge in [-0.15, -0.1) is 9.80 Å². The maximum atomic E-state index is 3.50.